The molecule has 1 atom stereocenters. The topological polar surface area (TPSA) is 41.6 Å². The van der Waals surface area contributed by atoms with Gasteiger partial charge >= 0.3 is 0 Å². The molecule has 0 radical (unpaired) electrons. The molecule has 72 valence electrons. The number of nitrogens with zero attached hydrogens (tertiary/aromatic N) is 2. The highest BCUT2D eigenvalue weighted by Crippen LogP contribution is 2.21. The first-order chi connectivity index (χ1) is 6.77. The predicted molar refractivity (Wildman–Crippen MR) is 55.4 cm³/mol. The summed E-state index contributed by atoms with van der Waals surface area (Å²) < 4.78 is 0. The summed E-state index contributed by atoms with van der Waals surface area (Å²) in [4.78, 5) is 4.26. The van der Waals surface area contributed by atoms with E-state index < -0.39 is 0 Å². The van der Waals surface area contributed by atoms with Crippen LogP contribution in [0.5, 0.6) is 0 Å². The minimum absolute atomic E-state index is 0.242. The molecule has 0 aromatic carbocycles. The number of pyridine rings is 1. The van der Waals surface area contributed by atoms with Crippen molar-refractivity contribution in [1.29, 1.82) is 0 Å². The van der Waals surface area contributed by atoms with Gasteiger partial charge in [-0.05, 0) is 17.7 Å². The SMILES string of the molecule is CC(c1cn[nH]c1)c1ccc(Cl)cn1. The van der Waals surface area contributed by atoms with Crippen molar-refractivity contribution in [1.82, 2.24) is 15.2 Å². The second-order valence-electron chi connectivity index (χ2n) is 3.15. The molecule has 0 bridgehead atoms. The molecule has 2 rings (SSSR count). The van der Waals surface area contributed by atoms with Crippen molar-refractivity contribution >= 4 is 11.6 Å². The lowest BCUT2D eigenvalue weighted by Gasteiger charge is -2.07. The normalized spacial score (nSPS) is 12.7. The van der Waals surface area contributed by atoms with Crippen LogP contribution in [0.3, 0.4) is 0 Å². The molecule has 0 aliphatic carbocycles. The number of halogens is 1. The highest BCUT2D eigenvalue weighted by molar-refractivity contribution is 6.30. The molecule has 0 saturated carbocycles. The standard InChI is InChI=1S/C10H10ClN3/c1-7(8-4-13-14-5-8)10-3-2-9(11)6-12-10/h2-7H,1H3,(H,13,14). The average Bonchev–Trinajstić information content (AvgIpc) is 2.71. The smallest absolute Gasteiger partial charge is 0.0589 e. The van der Waals surface area contributed by atoms with Gasteiger partial charge in [-0.3, -0.25) is 10.1 Å². The summed E-state index contributed by atoms with van der Waals surface area (Å²) in [5.74, 6) is 0.242. The lowest BCUT2D eigenvalue weighted by molar-refractivity contribution is 0.872. The third-order valence-corrected chi connectivity index (χ3v) is 2.44. The van der Waals surface area contributed by atoms with Gasteiger partial charge in [0, 0.05) is 24.0 Å². The van der Waals surface area contributed by atoms with Crippen LogP contribution >= 0.6 is 11.6 Å². The Kier molecular flexibility index (Phi) is 2.50. The van der Waals surface area contributed by atoms with Crippen molar-refractivity contribution in [2.24, 2.45) is 0 Å². The minimum atomic E-state index is 0.242. The second-order valence-corrected chi connectivity index (χ2v) is 3.59. The quantitative estimate of drug-likeness (QED) is 0.823. The minimum Gasteiger partial charge on any atom is -0.285 e. The van der Waals surface area contributed by atoms with E-state index in [0.29, 0.717) is 5.02 Å². The van der Waals surface area contributed by atoms with Crippen molar-refractivity contribution in [3.8, 4) is 0 Å². The van der Waals surface area contributed by atoms with E-state index in [2.05, 4.69) is 22.1 Å². The van der Waals surface area contributed by atoms with E-state index in [9.17, 15) is 0 Å². The third kappa shape index (κ3) is 1.77. The average molecular weight is 208 g/mol. The van der Waals surface area contributed by atoms with Crippen molar-refractivity contribution in [2.75, 3.05) is 0 Å². The van der Waals surface area contributed by atoms with Crippen LogP contribution in [0.2, 0.25) is 5.02 Å². The predicted octanol–water partition coefficient (Wildman–Crippen LogP) is 2.61. The Hall–Kier alpha value is -1.35. The van der Waals surface area contributed by atoms with Gasteiger partial charge in [-0.1, -0.05) is 18.5 Å². The maximum Gasteiger partial charge on any atom is 0.0589 e. The Bertz CT molecular complexity index is 394. The second kappa shape index (κ2) is 3.80. The van der Waals surface area contributed by atoms with Crippen LogP contribution in [0, 0.1) is 0 Å². The molecule has 14 heavy (non-hydrogen) atoms. The van der Waals surface area contributed by atoms with Crippen molar-refractivity contribution in [3.05, 3.63) is 47.0 Å². The summed E-state index contributed by atoms with van der Waals surface area (Å²) in [6, 6.07) is 3.78. The van der Waals surface area contributed by atoms with E-state index in [0.717, 1.165) is 11.3 Å². The highest BCUT2D eigenvalue weighted by Gasteiger charge is 2.09. The molecule has 2 aromatic heterocycles. The Morgan fingerprint density at radius 1 is 1.36 bits per heavy atom. The number of aromatic amines is 1. The van der Waals surface area contributed by atoms with Gasteiger partial charge in [0.25, 0.3) is 0 Å². The zero-order valence-electron chi connectivity index (χ0n) is 7.74. The molecular formula is C10H10ClN3. The number of aromatic nitrogens is 3. The Morgan fingerprint density at radius 2 is 2.21 bits per heavy atom. The summed E-state index contributed by atoms with van der Waals surface area (Å²) in [6.07, 6.45) is 5.34. The zero-order valence-corrected chi connectivity index (χ0v) is 8.49. The number of H-pyrrole nitrogens is 1. The van der Waals surface area contributed by atoms with E-state index in [1.54, 1.807) is 12.4 Å². The molecule has 2 heterocycles. The number of nitrogens with one attached hydrogen (secondary N) is 1. The van der Waals surface area contributed by atoms with Crippen LogP contribution in [0.4, 0.5) is 0 Å². The molecule has 0 amide bonds. The summed E-state index contributed by atoms with van der Waals surface area (Å²) >= 11 is 5.76. The fourth-order valence-electron chi connectivity index (χ4n) is 1.31. The highest BCUT2D eigenvalue weighted by atomic mass is 35.5. The van der Waals surface area contributed by atoms with Crippen LogP contribution in [-0.4, -0.2) is 15.2 Å². The lowest BCUT2D eigenvalue weighted by Crippen LogP contribution is -1.96. The largest absolute Gasteiger partial charge is 0.285 e. The van der Waals surface area contributed by atoms with Crippen LogP contribution in [0.1, 0.15) is 24.1 Å². The van der Waals surface area contributed by atoms with Crippen molar-refractivity contribution in [3.63, 3.8) is 0 Å². The van der Waals surface area contributed by atoms with Gasteiger partial charge < -0.3 is 0 Å². The van der Waals surface area contributed by atoms with Gasteiger partial charge in [-0.25, -0.2) is 0 Å². The van der Waals surface area contributed by atoms with Gasteiger partial charge in [0.1, 0.15) is 0 Å². The maximum absolute atomic E-state index is 5.76. The molecule has 0 aliphatic rings. The first-order valence-corrected chi connectivity index (χ1v) is 4.75. The molecule has 0 fully saturated rings. The molecule has 3 nitrogen and oxygen atoms in total. The lowest BCUT2D eigenvalue weighted by atomic mass is 10.0. The molecule has 1 N–H and O–H groups in total. The molecule has 0 aliphatic heterocycles. The first-order valence-electron chi connectivity index (χ1n) is 4.37. The van der Waals surface area contributed by atoms with E-state index in [4.69, 9.17) is 11.6 Å². The summed E-state index contributed by atoms with van der Waals surface area (Å²) in [6.45, 7) is 2.08. The van der Waals surface area contributed by atoms with Crippen LogP contribution in [0.25, 0.3) is 0 Å². The summed E-state index contributed by atoms with van der Waals surface area (Å²) in [7, 11) is 0. The van der Waals surface area contributed by atoms with Gasteiger partial charge in [-0.15, -0.1) is 0 Å². The summed E-state index contributed by atoms with van der Waals surface area (Å²) in [5, 5.41) is 7.36. The number of hydrogen-bond donors (Lipinski definition) is 1. The molecule has 4 heteroatoms. The van der Waals surface area contributed by atoms with Crippen LogP contribution in [-0.2, 0) is 0 Å². The van der Waals surface area contributed by atoms with Crippen molar-refractivity contribution < 1.29 is 0 Å². The van der Waals surface area contributed by atoms with E-state index in [-0.39, 0.29) is 5.92 Å². The maximum atomic E-state index is 5.76. The van der Waals surface area contributed by atoms with Gasteiger partial charge in [-0.2, -0.15) is 5.10 Å². The fourth-order valence-corrected chi connectivity index (χ4v) is 1.42. The molecule has 0 spiro atoms. The van der Waals surface area contributed by atoms with E-state index in [1.807, 2.05) is 18.3 Å². The van der Waals surface area contributed by atoms with Crippen molar-refractivity contribution in [2.45, 2.75) is 12.8 Å². The van der Waals surface area contributed by atoms with Gasteiger partial charge in [0.2, 0.25) is 0 Å². The van der Waals surface area contributed by atoms with Gasteiger partial charge in [0.05, 0.1) is 11.2 Å². The van der Waals surface area contributed by atoms with Crippen LogP contribution in [0.15, 0.2) is 30.7 Å². The molecule has 1 unspecified atom stereocenters. The summed E-state index contributed by atoms with van der Waals surface area (Å²) in [5.41, 5.74) is 2.12. The molecular weight excluding hydrogens is 198 g/mol. The Morgan fingerprint density at radius 3 is 2.79 bits per heavy atom. The Labute approximate surface area is 87.1 Å². The van der Waals surface area contributed by atoms with Gasteiger partial charge in [0.15, 0.2) is 0 Å². The monoisotopic (exact) mass is 207 g/mol. The third-order valence-electron chi connectivity index (χ3n) is 2.21. The number of hydrogen-bond acceptors (Lipinski definition) is 2. The molecule has 2 aromatic rings. The van der Waals surface area contributed by atoms with E-state index in [1.165, 1.54) is 0 Å². The molecule has 0 saturated heterocycles. The first kappa shape index (κ1) is 9.21. The van der Waals surface area contributed by atoms with Crippen LogP contribution < -0.4 is 0 Å². The van der Waals surface area contributed by atoms with E-state index >= 15 is 0 Å². The fraction of sp³-hybridized carbons (Fsp3) is 0.200. The Balaban J connectivity index is 2.28. The zero-order chi connectivity index (χ0) is 9.97. The number of rotatable bonds is 2.